The van der Waals surface area contributed by atoms with Gasteiger partial charge in [0.1, 0.15) is 0 Å². The molecule has 0 fully saturated rings. The first kappa shape index (κ1) is 46.7. The van der Waals surface area contributed by atoms with E-state index in [2.05, 4.69) is 277 Å². The average molecular weight is 1270 g/mol. The first-order valence-corrected chi connectivity index (χ1v) is 29.1. The van der Waals surface area contributed by atoms with E-state index in [1.807, 2.05) is 37.3 Å². The van der Waals surface area contributed by atoms with Crippen LogP contribution < -0.4 is 14.5 Å². The number of hydrogen-bond donors (Lipinski definition) is 0. The first-order chi connectivity index (χ1) is 43.2. The molecular formula is C77H57N5OPt-2. The molecule has 2 aromatic heterocycles. The topological polar surface area (TPSA) is 38.5 Å². The zero-order valence-electron chi connectivity index (χ0n) is 51.6. The number of benzene rings is 11. The van der Waals surface area contributed by atoms with Crippen molar-refractivity contribution < 1.29 is 30.9 Å². The normalized spacial score (nSPS) is 12.9. The number of aryl methyl sites for hydroxylation is 1. The maximum absolute atomic E-state index is 8.99. The Morgan fingerprint density at radius 3 is 1.68 bits per heavy atom. The Labute approximate surface area is 508 Å². The van der Waals surface area contributed by atoms with Crippen LogP contribution in [0.5, 0.6) is 11.5 Å². The zero-order valence-corrected chi connectivity index (χ0v) is 48.8. The molecule has 13 aromatic rings. The van der Waals surface area contributed by atoms with Gasteiger partial charge in [-0.15, -0.1) is 0 Å². The molecule has 11 aromatic carbocycles. The van der Waals surface area contributed by atoms with Gasteiger partial charge in [0, 0.05) is 23.0 Å². The van der Waals surface area contributed by atoms with Crippen LogP contribution in [-0.2, 0) is 24.8 Å². The van der Waals surface area contributed by atoms with Gasteiger partial charge in [-0.3, -0.25) is 0 Å². The molecule has 1 aliphatic heterocycles. The summed E-state index contributed by atoms with van der Waals surface area (Å²) in [5, 5.41) is 0. The van der Waals surface area contributed by atoms with Crippen molar-refractivity contribution >= 4 is 45.3 Å². The molecule has 0 bridgehead atoms. The molecule has 0 atom stereocenters. The predicted octanol–water partition coefficient (Wildman–Crippen LogP) is 20.5. The van der Waals surface area contributed by atoms with Crippen LogP contribution in [0.2, 0.25) is 0 Å². The number of nitrogens with zero attached hydrogens (tertiary/aromatic N) is 5. The molecule has 84 heavy (non-hydrogen) atoms. The Morgan fingerprint density at radius 1 is 0.464 bits per heavy atom. The van der Waals surface area contributed by atoms with Crippen LogP contribution in [0.3, 0.4) is 0 Å². The second-order valence-corrected chi connectivity index (χ2v) is 22.8. The van der Waals surface area contributed by atoms with Crippen LogP contribution in [-0.4, -0.2) is 14.1 Å². The van der Waals surface area contributed by atoms with Gasteiger partial charge in [-0.05, 0) is 59.4 Å². The minimum atomic E-state index is -0.454. The molecule has 0 saturated heterocycles. The molecule has 1 aliphatic rings. The molecule has 0 radical (unpaired) electrons. The van der Waals surface area contributed by atoms with Crippen molar-refractivity contribution in [3.8, 4) is 78.5 Å². The summed E-state index contributed by atoms with van der Waals surface area (Å²) in [4.78, 5) is 9.70. The van der Waals surface area contributed by atoms with Crippen molar-refractivity contribution in [3.63, 3.8) is 0 Å². The smallest absolute Gasteiger partial charge is 0.0616 e. The monoisotopic (exact) mass is 1270 g/mol. The molecule has 6 nitrogen and oxygen atoms in total. The van der Waals surface area contributed by atoms with E-state index in [0.29, 0.717) is 34.1 Å². The Balaban J connectivity index is 0.983. The second-order valence-electron chi connectivity index (χ2n) is 21.8. The fourth-order valence-electron chi connectivity index (χ4n) is 11.6. The second kappa shape index (κ2) is 21.8. The van der Waals surface area contributed by atoms with Gasteiger partial charge in [0.15, 0.2) is 0 Å². The van der Waals surface area contributed by atoms with Gasteiger partial charge in [-0.25, -0.2) is 0 Å². The van der Waals surface area contributed by atoms with Crippen molar-refractivity contribution in [3.05, 3.63) is 300 Å². The molecule has 3 heterocycles. The third-order valence-electron chi connectivity index (χ3n) is 15.6. The summed E-state index contributed by atoms with van der Waals surface area (Å²) in [6.07, 6.45) is 1.62. The number of anilines is 6. The molecule has 0 saturated carbocycles. The number of para-hydroxylation sites is 6. The van der Waals surface area contributed by atoms with Crippen molar-refractivity contribution in [1.82, 2.24) is 14.1 Å². The van der Waals surface area contributed by atoms with Crippen LogP contribution in [0.1, 0.15) is 38.8 Å². The first-order valence-electron chi connectivity index (χ1n) is 30.4. The van der Waals surface area contributed by atoms with Gasteiger partial charge < -0.3 is 4.90 Å². The predicted molar refractivity (Wildman–Crippen MR) is 341 cm³/mol. The Hall–Kier alpha value is -9.87. The average Bonchev–Trinajstić information content (AvgIpc) is 1.82. The molecule has 14 rings (SSSR count). The molecular weight excluding hydrogens is 1210 g/mol. The molecule has 408 valence electrons. The number of ether oxygens (including phenoxy) is 1. The number of fused-ring (bicyclic) bond motifs is 7. The summed E-state index contributed by atoms with van der Waals surface area (Å²) in [5.74, 6) is 1.40. The SMILES string of the molecule is [2H]c1c([2H])c([2H])c(-c2cnc(N3c4[c-]c(Oc5[c-]c(-n6[c](=[Pt])n(-c7c(-c8ccccc8)cccc7-c7ccccc7)c7ccccc76)ccc5)ccc4-c4ccccc4N(c4ccccc4)c4ccccc4-c4cc(C(C)(C)C)ccc43)cc2C)c([2H])c1[2H]. The minimum Gasteiger partial charge on any atom is -0.0616 e. The van der Waals surface area contributed by atoms with E-state index in [1.165, 1.54) is 0 Å². The Morgan fingerprint density at radius 2 is 1.02 bits per heavy atom. The summed E-state index contributed by atoms with van der Waals surface area (Å²) < 4.78 is 56.2. The van der Waals surface area contributed by atoms with Gasteiger partial charge in [0.2, 0.25) is 0 Å². The summed E-state index contributed by atoms with van der Waals surface area (Å²) in [6, 6.07) is 87.7. The van der Waals surface area contributed by atoms with E-state index in [1.54, 1.807) is 6.20 Å². The molecule has 0 unspecified atom stereocenters. The van der Waals surface area contributed by atoms with Crippen molar-refractivity contribution in [2.75, 3.05) is 9.80 Å². The molecule has 0 amide bonds. The summed E-state index contributed by atoms with van der Waals surface area (Å²) >= 11 is 2.46. The van der Waals surface area contributed by atoms with Crippen LogP contribution in [0.15, 0.2) is 273 Å². The minimum absolute atomic E-state index is 0.0834. The van der Waals surface area contributed by atoms with Crippen LogP contribution in [0.25, 0.3) is 78.0 Å². The third kappa shape index (κ3) is 9.49. The Bertz CT molecular complexity index is 4900. The van der Waals surface area contributed by atoms with Crippen molar-refractivity contribution in [2.24, 2.45) is 0 Å². The number of hydrogen-bond acceptors (Lipinski definition) is 4. The van der Waals surface area contributed by atoms with Crippen molar-refractivity contribution in [2.45, 2.75) is 33.1 Å². The molecule has 0 N–H and O–H groups in total. The molecule has 0 aliphatic carbocycles. The maximum atomic E-state index is 8.99. The van der Waals surface area contributed by atoms with Gasteiger partial charge in [-0.2, -0.15) is 0 Å². The van der Waals surface area contributed by atoms with E-state index in [0.717, 1.165) is 99.0 Å². The fraction of sp³-hybridized carbons (Fsp3) is 0.0649. The van der Waals surface area contributed by atoms with Gasteiger partial charge in [0.05, 0.1) is 12.5 Å². The summed E-state index contributed by atoms with van der Waals surface area (Å²) in [6.45, 7) is 8.55. The van der Waals surface area contributed by atoms with Gasteiger partial charge in [-0.1, -0.05) is 106 Å². The number of aromatic nitrogens is 3. The van der Waals surface area contributed by atoms with Crippen molar-refractivity contribution in [1.29, 1.82) is 0 Å². The quantitative estimate of drug-likeness (QED) is 0.135. The van der Waals surface area contributed by atoms with Crippen LogP contribution in [0.4, 0.5) is 34.3 Å². The summed E-state index contributed by atoms with van der Waals surface area (Å²) in [7, 11) is 0. The van der Waals surface area contributed by atoms with Crippen LogP contribution in [0, 0.1) is 22.9 Å². The third-order valence-corrected chi connectivity index (χ3v) is 16.6. The fourth-order valence-corrected chi connectivity index (χ4v) is 12.6. The summed E-state index contributed by atoms with van der Waals surface area (Å²) in [5.41, 5.74) is 18.3. The standard InChI is InChI=1S/C77H57N5O.Pt/c1-53-47-75(78-51-68(53)56-29-13-7-14-30-56)82-71-46-43-57(77(2,3)4)48-67(71)65-36-18-20-40-70(65)81(58-31-15-8-16-32-58)69-39-19-17-35-64(69)66-45-44-61(50-74(66)82)83-60-34-23-33-59(49-60)79-52-80(73-42-22-21-41-72(73)79)76-62(54-25-9-5-10-26-54)37-24-38-63(76)55-27-11-6-12-28-55;/h5-48,51H,1-4H3;/q-2;/i7D,13D,14D,29D,30D;. The molecule has 7 heteroatoms. The van der Waals surface area contributed by atoms with E-state index < -0.39 is 18.1 Å². The van der Waals surface area contributed by atoms with E-state index in [4.69, 9.17) is 16.6 Å². The van der Waals surface area contributed by atoms with Gasteiger partial charge in [0.25, 0.3) is 0 Å². The van der Waals surface area contributed by atoms with E-state index in [9.17, 15) is 0 Å². The van der Waals surface area contributed by atoms with E-state index in [-0.39, 0.29) is 23.1 Å². The molecule has 0 spiro atoms. The zero-order chi connectivity index (χ0) is 61.2. The number of rotatable bonds is 9. The van der Waals surface area contributed by atoms with Gasteiger partial charge >= 0.3 is 306 Å². The number of imidazole rings is 1. The Kier molecular flexibility index (Phi) is 12.1. The van der Waals surface area contributed by atoms with Crippen LogP contribution >= 0.6 is 0 Å². The van der Waals surface area contributed by atoms with E-state index >= 15 is 0 Å². The number of pyridine rings is 1.